The Morgan fingerprint density at radius 2 is 2.15 bits per heavy atom. The van der Waals surface area contributed by atoms with Crippen LogP contribution in [0.4, 0.5) is 5.69 Å². The minimum absolute atomic E-state index is 0.0769. The molecule has 26 heavy (non-hydrogen) atoms. The maximum Gasteiger partial charge on any atom is 0.213 e. The first-order valence-corrected chi connectivity index (χ1v) is 8.72. The number of phenolic OH excluding ortho intramolecular Hbond substituents is 1. The van der Waals surface area contributed by atoms with E-state index in [1.165, 1.54) is 4.90 Å². The van der Waals surface area contributed by atoms with Gasteiger partial charge in [0.15, 0.2) is 0 Å². The van der Waals surface area contributed by atoms with Gasteiger partial charge in [-0.25, -0.2) is 0 Å². The minimum Gasteiger partial charge on any atom is -0.506 e. The minimum atomic E-state index is 0.0769. The van der Waals surface area contributed by atoms with E-state index in [0.29, 0.717) is 42.3 Å². The highest BCUT2D eigenvalue weighted by Crippen LogP contribution is 2.29. The summed E-state index contributed by atoms with van der Waals surface area (Å²) in [4.78, 5) is 16.6. The summed E-state index contributed by atoms with van der Waals surface area (Å²) in [7, 11) is 2.61. The molecule has 146 valence electrons. The van der Waals surface area contributed by atoms with Gasteiger partial charge >= 0.3 is 0 Å². The second kappa shape index (κ2) is 14.3. The number of ether oxygens (including phenoxy) is 1. The van der Waals surface area contributed by atoms with Crippen molar-refractivity contribution in [3.8, 4) is 5.75 Å². The fourth-order valence-corrected chi connectivity index (χ4v) is 2.40. The number of aliphatic hydroxyl groups excluding tert-OH is 1. The number of carbonyl (C=O) groups is 1. The first kappa shape index (κ1) is 24.1. The van der Waals surface area contributed by atoms with Gasteiger partial charge < -0.3 is 30.9 Å². The van der Waals surface area contributed by atoms with Crippen LogP contribution >= 0.6 is 15.9 Å². The third-order valence-corrected chi connectivity index (χ3v) is 3.70. The van der Waals surface area contributed by atoms with Gasteiger partial charge in [0.1, 0.15) is 11.6 Å². The SMILES string of the molecule is CCN(C=O)/C=C(/Br)C(=NC)Nc1c(O)cccc1COCCN.CO. The molecule has 8 nitrogen and oxygen atoms in total. The lowest BCUT2D eigenvalue weighted by molar-refractivity contribution is -0.115. The number of hydrogen-bond acceptors (Lipinski definition) is 6. The molecule has 0 heterocycles. The van der Waals surface area contributed by atoms with Crippen LogP contribution in [0.3, 0.4) is 0 Å². The van der Waals surface area contributed by atoms with E-state index in [-0.39, 0.29) is 5.75 Å². The van der Waals surface area contributed by atoms with Gasteiger partial charge in [-0.05, 0) is 28.9 Å². The maximum absolute atomic E-state index is 10.9. The molecule has 1 aromatic rings. The largest absolute Gasteiger partial charge is 0.506 e. The van der Waals surface area contributed by atoms with Crippen LogP contribution < -0.4 is 11.1 Å². The number of para-hydroxylation sites is 1. The van der Waals surface area contributed by atoms with Crippen LogP contribution in [0.2, 0.25) is 0 Å². The summed E-state index contributed by atoms with van der Waals surface area (Å²) in [5.74, 6) is 0.546. The molecule has 0 aliphatic heterocycles. The van der Waals surface area contributed by atoms with Gasteiger partial charge in [-0.3, -0.25) is 9.79 Å². The van der Waals surface area contributed by atoms with Gasteiger partial charge in [0, 0.05) is 39.0 Å². The maximum atomic E-state index is 10.9. The van der Waals surface area contributed by atoms with E-state index in [4.69, 9.17) is 15.6 Å². The fourth-order valence-electron chi connectivity index (χ4n) is 1.86. The van der Waals surface area contributed by atoms with Crippen LogP contribution in [0.5, 0.6) is 5.75 Å². The van der Waals surface area contributed by atoms with E-state index in [2.05, 4.69) is 26.2 Å². The van der Waals surface area contributed by atoms with Crippen molar-refractivity contribution in [3.05, 3.63) is 34.4 Å². The van der Waals surface area contributed by atoms with E-state index < -0.39 is 0 Å². The first-order chi connectivity index (χ1) is 12.6. The molecule has 0 bridgehead atoms. The normalized spacial score (nSPS) is 11.5. The predicted octanol–water partition coefficient (Wildman–Crippen LogP) is 1.63. The summed E-state index contributed by atoms with van der Waals surface area (Å²) < 4.78 is 6.02. The average molecular weight is 431 g/mol. The van der Waals surface area contributed by atoms with Crippen molar-refractivity contribution in [2.75, 3.05) is 39.2 Å². The molecule has 0 aliphatic carbocycles. The van der Waals surface area contributed by atoms with E-state index in [1.807, 2.05) is 13.0 Å². The Morgan fingerprint density at radius 3 is 2.69 bits per heavy atom. The van der Waals surface area contributed by atoms with Gasteiger partial charge in [-0.15, -0.1) is 0 Å². The molecule has 0 fully saturated rings. The summed E-state index contributed by atoms with van der Waals surface area (Å²) in [5, 5.41) is 20.2. The lowest BCUT2D eigenvalue weighted by Crippen LogP contribution is -2.19. The number of benzene rings is 1. The standard InChI is InChI=1S/C16H23BrN4O3.CH4O/c1-3-21(11-22)9-13(17)16(19-2)20-15-12(10-24-8-7-18)5-4-6-14(15)23;1-2/h4-6,9,11,23H,3,7-8,10,18H2,1-2H3,(H,19,20);2H,1H3/b13-9+;. The second-order valence-electron chi connectivity index (χ2n) is 4.76. The Kier molecular flexibility index (Phi) is 13.2. The van der Waals surface area contributed by atoms with Crippen LogP contribution in [0.1, 0.15) is 12.5 Å². The molecule has 1 amide bonds. The molecule has 0 radical (unpaired) electrons. The third kappa shape index (κ3) is 7.96. The van der Waals surface area contributed by atoms with E-state index in [9.17, 15) is 9.90 Å². The van der Waals surface area contributed by atoms with Crippen molar-refractivity contribution >= 4 is 33.9 Å². The fraction of sp³-hybridized carbons (Fsp3) is 0.412. The molecule has 1 rings (SSSR count). The highest BCUT2D eigenvalue weighted by Gasteiger charge is 2.12. The number of hydrogen-bond donors (Lipinski definition) is 4. The summed E-state index contributed by atoms with van der Waals surface area (Å²) in [5.41, 5.74) is 6.69. The topological polar surface area (TPSA) is 120 Å². The number of rotatable bonds is 9. The first-order valence-electron chi connectivity index (χ1n) is 7.93. The highest BCUT2D eigenvalue weighted by molar-refractivity contribution is 9.12. The third-order valence-electron chi connectivity index (χ3n) is 3.12. The molecule has 1 aromatic carbocycles. The molecular formula is C17H27BrN4O4. The van der Waals surface area contributed by atoms with Gasteiger partial charge in [0.25, 0.3) is 0 Å². The van der Waals surface area contributed by atoms with Crippen molar-refractivity contribution in [2.45, 2.75) is 13.5 Å². The quantitative estimate of drug-likeness (QED) is 0.155. The van der Waals surface area contributed by atoms with Crippen molar-refractivity contribution in [1.29, 1.82) is 0 Å². The number of aromatic hydroxyl groups is 1. The molecule has 9 heteroatoms. The number of nitrogens with zero attached hydrogens (tertiary/aromatic N) is 2. The Morgan fingerprint density at radius 1 is 1.46 bits per heavy atom. The smallest absolute Gasteiger partial charge is 0.213 e. The lowest BCUT2D eigenvalue weighted by atomic mass is 10.1. The number of phenols is 1. The second-order valence-corrected chi connectivity index (χ2v) is 5.62. The number of amides is 1. The molecular weight excluding hydrogens is 404 g/mol. The van der Waals surface area contributed by atoms with E-state index in [0.717, 1.165) is 19.1 Å². The molecule has 0 atom stereocenters. The molecule has 0 aromatic heterocycles. The van der Waals surface area contributed by atoms with Crippen LogP contribution in [-0.4, -0.2) is 61.2 Å². The van der Waals surface area contributed by atoms with Crippen molar-refractivity contribution in [3.63, 3.8) is 0 Å². The number of aliphatic imine (C=N–C) groups is 1. The zero-order chi connectivity index (χ0) is 19.9. The van der Waals surface area contributed by atoms with Crippen LogP contribution in [0, 0.1) is 0 Å². The summed E-state index contributed by atoms with van der Waals surface area (Å²) in [6.45, 7) is 3.55. The molecule has 0 aliphatic rings. The number of nitrogens with two attached hydrogens (primary N) is 1. The van der Waals surface area contributed by atoms with Crippen LogP contribution in [0.25, 0.3) is 0 Å². The number of nitrogens with one attached hydrogen (secondary N) is 1. The summed E-state index contributed by atoms with van der Waals surface area (Å²) in [6, 6.07) is 5.15. The average Bonchev–Trinajstić information content (AvgIpc) is 2.67. The summed E-state index contributed by atoms with van der Waals surface area (Å²) in [6.07, 6.45) is 2.34. The Balaban J connectivity index is 0.00000301. The van der Waals surface area contributed by atoms with Crippen LogP contribution in [0.15, 0.2) is 33.9 Å². The lowest BCUT2D eigenvalue weighted by Gasteiger charge is -2.16. The van der Waals surface area contributed by atoms with E-state index in [1.54, 1.807) is 25.4 Å². The zero-order valence-corrected chi connectivity index (χ0v) is 16.9. The number of halogens is 1. The number of amidine groups is 1. The molecule has 0 unspecified atom stereocenters. The molecule has 5 N–H and O–H groups in total. The number of anilines is 1. The Bertz CT molecular complexity index is 608. The van der Waals surface area contributed by atoms with Crippen molar-refractivity contribution in [2.24, 2.45) is 10.7 Å². The zero-order valence-electron chi connectivity index (χ0n) is 15.3. The monoisotopic (exact) mass is 430 g/mol. The Hall–Kier alpha value is -1.94. The number of carbonyl (C=O) groups excluding carboxylic acids is 1. The highest BCUT2D eigenvalue weighted by atomic mass is 79.9. The van der Waals surface area contributed by atoms with Crippen molar-refractivity contribution < 1.29 is 19.7 Å². The molecule has 0 saturated heterocycles. The van der Waals surface area contributed by atoms with Crippen LogP contribution in [-0.2, 0) is 16.1 Å². The predicted molar refractivity (Wildman–Crippen MR) is 107 cm³/mol. The Labute approximate surface area is 162 Å². The summed E-state index contributed by atoms with van der Waals surface area (Å²) >= 11 is 3.40. The molecule has 0 spiro atoms. The molecule has 0 saturated carbocycles. The van der Waals surface area contributed by atoms with Gasteiger partial charge in [0.2, 0.25) is 6.41 Å². The van der Waals surface area contributed by atoms with Gasteiger partial charge in [-0.2, -0.15) is 0 Å². The van der Waals surface area contributed by atoms with Gasteiger partial charge in [0.05, 0.1) is 23.4 Å². The van der Waals surface area contributed by atoms with Crippen molar-refractivity contribution in [1.82, 2.24) is 4.90 Å². The van der Waals surface area contributed by atoms with Gasteiger partial charge in [-0.1, -0.05) is 12.1 Å². The number of aliphatic hydroxyl groups is 1. The van der Waals surface area contributed by atoms with E-state index >= 15 is 0 Å².